The number of carbonyl (C=O) groups is 1. The van der Waals surface area contributed by atoms with Gasteiger partial charge in [0.05, 0.1) is 18.3 Å². The van der Waals surface area contributed by atoms with Crippen LogP contribution in [0.25, 0.3) is 5.65 Å². The van der Waals surface area contributed by atoms with Crippen molar-refractivity contribution >= 4 is 11.6 Å². The number of aromatic nitrogens is 2. The molecule has 0 aliphatic heterocycles. The van der Waals surface area contributed by atoms with Gasteiger partial charge in [-0.1, -0.05) is 26.3 Å². The molecule has 0 aliphatic carbocycles. The van der Waals surface area contributed by atoms with Crippen LogP contribution in [0, 0.1) is 12.8 Å². The third-order valence-corrected chi connectivity index (χ3v) is 3.73. The van der Waals surface area contributed by atoms with Crippen LogP contribution < -0.4 is 11.1 Å². The Kier molecular flexibility index (Phi) is 4.39. The Morgan fingerprint density at radius 2 is 2.30 bits per heavy atom. The second-order valence-corrected chi connectivity index (χ2v) is 5.28. The number of rotatable bonds is 5. The molecule has 2 aromatic rings. The number of nitrogens with one attached hydrogen (secondary N) is 1. The minimum atomic E-state index is -0.459. The van der Waals surface area contributed by atoms with Crippen molar-refractivity contribution in [1.29, 1.82) is 0 Å². The van der Waals surface area contributed by atoms with E-state index < -0.39 is 6.04 Å². The van der Waals surface area contributed by atoms with Gasteiger partial charge in [0.2, 0.25) is 5.91 Å². The van der Waals surface area contributed by atoms with E-state index in [2.05, 4.69) is 10.3 Å². The highest BCUT2D eigenvalue weighted by molar-refractivity contribution is 5.81. The fourth-order valence-corrected chi connectivity index (χ4v) is 2.10. The van der Waals surface area contributed by atoms with Crippen LogP contribution in [0.15, 0.2) is 24.5 Å². The molecule has 2 aromatic heterocycles. The summed E-state index contributed by atoms with van der Waals surface area (Å²) in [6.07, 6.45) is 4.77. The molecule has 2 atom stereocenters. The monoisotopic (exact) mass is 274 g/mol. The van der Waals surface area contributed by atoms with Crippen LogP contribution in [-0.2, 0) is 11.3 Å². The van der Waals surface area contributed by atoms with Gasteiger partial charge in [-0.3, -0.25) is 4.79 Å². The van der Waals surface area contributed by atoms with E-state index in [1.807, 2.05) is 49.7 Å². The molecule has 5 heteroatoms. The highest BCUT2D eigenvalue weighted by Crippen LogP contribution is 2.10. The molecule has 0 bridgehead atoms. The average molecular weight is 274 g/mol. The SMILES string of the molecule is CCC(C)C(N)C(=O)NCc1cn2cccc(C)c2n1. The number of fused-ring (bicyclic) bond motifs is 1. The molecular weight excluding hydrogens is 252 g/mol. The Morgan fingerprint density at radius 3 is 2.95 bits per heavy atom. The first-order chi connectivity index (χ1) is 9.52. The number of amides is 1. The summed E-state index contributed by atoms with van der Waals surface area (Å²) in [5, 5.41) is 2.85. The van der Waals surface area contributed by atoms with Gasteiger partial charge in [-0.25, -0.2) is 4.98 Å². The number of pyridine rings is 1. The minimum absolute atomic E-state index is 0.117. The number of hydrogen-bond acceptors (Lipinski definition) is 3. The Bertz CT molecular complexity index is 605. The Hall–Kier alpha value is -1.88. The molecule has 2 heterocycles. The summed E-state index contributed by atoms with van der Waals surface area (Å²) in [5.41, 5.74) is 8.77. The highest BCUT2D eigenvalue weighted by atomic mass is 16.2. The van der Waals surface area contributed by atoms with E-state index in [4.69, 9.17) is 5.73 Å². The van der Waals surface area contributed by atoms with Gasteiger partial charge in [-0.05, 0) is 24.5 Å². The van der Waals surface area contributed by atoms with Gasteiger partial charge in [0.25, 0.3) is 0 Å². The standard InChI is InChI=1S/C15H22N4O/c1-4-10(2)13(16)15(20)17-8-12-9-19-7-5-6-11(3)14(19)18-12/h5-7,9-10,13H,4,8,16H2,1-3H3,(H,17,20). The zero-order valence-corrected chi connectivity index (χ0v) is 12.3. The molecule has 0 spiro atoms. The minimum Gasteiger partial charge on any atom is -0.349 e. The molecule has 0 radical (unpaired) electrons. The first-order valence-electron chi connectivity index (χ1n) is 6.99. The van der Waals surface area contributed by atoms with Crippen LogP contribution in [0.1, 0.15) is 31.5 Å². The molecule has 1 amide bonds. The second-order valence-electron chi connectivity index (χ2n) is 5.28. The first-order valence-corrected chi connectivity index (χ1v) is 6.99. The highest BCUT2D eigenvalue weighted by Gasteiger charge is 2.19. The molecule has 2 unspecified atom stereocenters. The van der Waals surface area contributed by atoms with Crippen molar-refractivity contribution in [3.63, 3.8) is 0 Å². The van der Waals surface area contributed by atoms with Crippen molar-refractivity contribution in [2.24, 2.45) is 11.7 Å². The van der Waals surface area contributed by atoms with Crippen molar-refractivity contribution in [3.05, 3.63) is 35.8 Å². The molecule has 0 aliphatic rings. The van der Waals surface area contributed by atoms with Crippen LogP contribution in [-0.4, -0.2) is 21.3 Å². The third-order valence-electron chi connectivity index (χ3n) is 3.73. The maximum Gasteiger partial charge on any atom is 0.237 e. The maximum absolute atomic E-state index is 11.9. The summed E-state index contributed by atoms with van der Waals surface area (Å²) in [4.78, 5) is 16.4. The van der Waals surface area contributed by atoms with E-state index in [1.165, 1.54) is 0 Å². The molecule has 3 N–H and O–H groups in total. The van der Waals surface area contributed by atoms with Crippen LogP contribution in [0.2, 0.25) is 0 Å². The second kappa shape index (κ2) is 6.05. The van der Waals surface area contributed by atoms with Crippen molar-refractivity contribution in [3.8, 4) is 0 Å². The van der Waals surface area contributed by atoms with Gasteiger partial charge in [0.1, 0.15) is 5.65 Å². The lowest BCUT2D eigenvalue weighted by atomic mass is 9.99. The molecule has 5 nitrogen and oxygen atoms in total. The smallest absolute Gasteiger partial charge is 0.237 e. The van der Waals surface area contributed by atoms with Crippen molar-refractivity contribution in [1.82, 2.24) is 14.7 Å². The lowest BCUT2D eigenvalue weighted by Crippen LogP contribution is -2.44. The van der Waals surface area contributed by atoms with Gasteiger partial charge >= 0.3 is 0 Å². The van der Waals surface area contributed by atoms with Crippen LogP contribution in [0.4, 0.5) is 0 Å². The number of hydrogen-bond donors (Lipinski definition) is 2. The van der Waals surface area contributed by atoms with Crippen molar-refractivity contribution in [2.45, 2.75) is 39.8 Å². The Labute approximate surface area is 119 Å². The van der Waals surface area contributed by atoms with Crippen LogP contribution in [0.5, 0.6) is 0 Å². The van der Waals surface area contributed by atoms with Gasteiger partial charge in [0, 0.05) is 12.4 Å². The molecule has 2 rings (SSSR count). The predicted octanol–water partition coefficient (Wildman–Crippen LogP) is 1.63. The summed E-state index contributed by atoms with van der Waals surface area (Å²) < 4.78 is 1.96. The summed E-state index contributed by atoms with van der Waals surface area (Å²) in [5.74, 6) is 0.0615. The van der Waals surface area contributed by atoms with E-state index in [1.54, 1.807) is 0 Å². The van der Waals surface area contributed by atoms with Gasteiger partial charge in [-0.2, -0.15) is 0 Å². The van der Waals surface area contributed by atoms with E-state index in [0.717, 1.165) is 23.3 Å². The van der Waals surface area contributed by atoms with Crippen molar-refractivity contribution < 1.29 is 4.79 Å². The topological polar surface area (TPSA) is 72.4 Å². The van der Waals surface area contributed by atoms with Crippen LogP contribution in [0.3, 0.4) is 0 Å². The van der Waals surface area contributed by atoms with Gasteiger partial charge < -0.3 is 15.5 Å². The summed E-state index contributed by atoms with van der Waals surface area (Å²) in [7, 11) is 0. The zero-order valence-electron chi connectivity index (χ0n) is 12.3. The summed E-state index contributed by atoms with van der Waals surface area (Å²) in [6.45, 7) is 6.44. The average Bonchev–Trinajstić information content (AvgIpc) is 2.87. The maximum atomic E-state index is 11.9. The van der Waals surface area contributed by atoms with E-state index >= 15 is 0 Å². The van der Waals surface area contributed by atoms with Gasteiger partial charge in [0.15, 0.2) is 0 Å². The predicted molar refractivity (Wildman–Crippen MR) is 79.2 cm³/mol. The Balaban J connectivity index is 2.02. The molecule has 108 valence electrons. The quantitative estimate of drug-likeness (QED) is 0.870. The van der Waals surface area contributed by atoms with E-state index in [-0.39, 0.29) is 11.8 Å². The molecule has 0 fully saturated rings. The first kappa shape index (κ1) is 14.5. The molecule has 0 saturated heterocycles. The lowest BCUT2D eigenvalue weighted by Gasteiger charge is -2.17. The zero-order chi connectivity index (χ0) is 14.7. The number of aryl methyl sites for hydroxylation is 1. The summed E-state index contributed by atoms with van der Waals surface area (Å²) in [6, 6.07) is 3.54. The normalized spacial score (nSPS) is 14.2. The van der Waals surface area contributed by atoms with Crippen LogP contribution >= 0.6 is 0 Å². The number of carbonyl (C=O) groups excluding carboxylic acids is 1. The molecular formula is C15H22N4O. The fraction of sp³-hybridized carbons (Fsp3) is 0.467. The van der Waals surface area contributed by atoms with Gasteiger partial charge in [-0.15, -0.1) is 0 Å². The third kappa shape index (κ3) is 2.99. The lowest BCUT2D eigenvalue weighted by molar-refractivity contribution is -0.123. The summed E-state index contributed by atoms with van der Waals surface area (Å²) >= 11 is 0. The van der Waals surface area contributed by atoms with E-state index in [9.17, 15) is 4.79 Å². The molecule has 0 aromatic carbocycles. The number of nitrogens with zero attached hydrogens (tertiary/aromatic N) is 2. The Morgan fingerprint density at radius 1 is 1.55 bits per heavy atom. The van der Waals surface area contributed by atoms with Crippen molar-refractivity contribution in [2.75, 3.05) is 0 Å². The molecule has 20 heavy (non-hydrogen) atoms. The number of imidazole rings is 1. The largest absolute Gasteiger partial charge is 0.349 e. The molecule has 0 saturated carbocycles. The fourth-order valence-electron chi connectivity index (χ4n) is 2.10. The van der Waals surface area contributed by atoms with E-state index in [0.29, 0.717) is 6.54 Å². The number of nitrogens with two attached hydrogens (primary N) is 1.